The molecule has 0 spiro atoms. The number of guanidine groups is 1. The molecular weight excluding hydrogens is 360 g/mol. The molecule has 0 radical (unpaired) electrons. The van der Waals surface area contributed by atoms with Gasteiger partial charge in [-0.05, 0) is 18.4 Å². The quantitative estimate of drug-likeness (QED) is 0.502. The number of nitrogens with zero attached hydrogens (tertiary/aromatic N) is 2. The molecule has 8 nitrogen and oxygen atoms in total. The molecule has 0 unspecified atom stereocenters. The highest BCUT2D eigenvalue weighted by atomic mass is 16.5. The molecule has 2 N–H and O–H groups in total. The highest BCUT2D eigenvalue weighted by Crippen LogP contribution is 2.39. The number of rotatable bonds is 9. The van der Waals surface area contributed by atoms with Crippen molar-refractivity contribution in [2.75, 3.05) is 34.9 Å². The van der Waals surface area contributed by atoms with E-state index in [1.807, 2.05) is 18.2 Å². The Hall–Kier alpha value is -2.90. The highest BCUT2D eigenvalue weighted by molar-refractivity contribution is 5.79. The molecule has 0 bridgehead atoms. The van der Waals surface area contributed by atoms with E-state index in [0.29, 0.717) is 42.2 Å². The van der Waals surface area contributed by atoms with Crippen LogP contribution >= 0.6 is 0 Å². The third-order valence-electron chi connectivity index (χ3n) is 4.29. The van der Waals surface area contributed by atoms with Gasteiger partial charge in [-0.2, -0.15) is 0 Å². The molecule has 0 aliphatic rings. The Morgan fingerprint density at radius 2 is 1.86 bits per heavy atom. The zero-order valence-electron chi connectivity index (χ0n) is 17.5. The third kappa shape index (κ3) is 5.31. The predicted octanol–water partition coefficient (Wildman–Crippen LogP) is 2.73. The van der Waals surface area contributed by atoms with Crippen molar-refractivity contribution in [2.45, 2.75) is 32.7 Å². The summed E-state index contributed by atoms with van der Waals surface area (Å²) in [6.07, 6.45) is 0.726. The van der Waals surface area contributed by atoms with Gasteiger partial charge in [-0.3, -0.25) is 4.99 Å². The summed E-state index contributed by atoms with van der Waals surface area (Å²) in [6.45, 7) is 5.34. The summed E-state index contributed by atoms with van der Waals surface area (Å²) in [5, 5.41) is 10.6. The zero-order chi connectivity index (χ0) is 20.5. The van der Waals surface area contributed by atoms with Gasteiger partial charge in [-0.25, -0.2) is 0 Å². The third-order valence-corrected chi connectivity index (χ3v) is 4.29. The first kappa shape index (κ1) is 21.4. The van der Waals surface area contributed by atoms with Crippen LogP contribution in [-0.4, -0.2) is 46.0 Å². The van der Waals surface area contributed by atoms with E-state index < -0.39 is 0 Å². The predicted molar refractivity (Wildman–Crippen MR) is 109 cm³/mol. The topological polar surface area (TPSA) is 90.1 Å². The van der Waals surface area contributed by atoms with Crippen LogP contribution in [0.15, 0.2) is 27.7 Å². The number of aromatic nitrogens is 1. The smallest absolute Gasteiger partial charge is 0.203 e. The van der Waals surface area contributed by atoms with Gasteiger partial charge in [0.05, 0.1) is 33.6 Å². The molecule has 1 aromatic carbocycles. The van der Waals surface area contributed by atoms with Crippen molar-refractivity contribution in [3.8, 4) is 17.2 Å². The molecule has 0 saturated carbocycles. The number of ether oxygens (including phenoxy) is 3. The lowest BCUT2D eigenvalue weighted by Gasteiger charge is -2.16. The molecule has 0 aliphatic carbocycles. The van der Waals surface area contributed by atoms with Gasteiger partial charge in [0.15, 0.2) is 23.2 Å². The standard InChI is InChI=1S/C20H30N4O4/c1-13(2)16-11-15(28-24-16)12-23-20(21-3)22-10-9-14-7-8-17(25-4)19(27-6)18(14)26-5/h7-8,11,13H,9-10,12H2,1-6H3,(H2,21,22,23). The summed E-state index contributed by atoms with van der Waals surface area (Å²) in [7, 11) is 6.55. The van der Waals surface area contributed by atoms with Crippen LogP contribution in [-0.2, 0) is 13.0 Å². The fraction of sp³-hybridized carbons (Fsp3) is 0.500. The minimum Gasteiger partial charge on any atom is -0.493 e. The van der Waals surface area contributed by atoms with Gasteiger partial charge in [0.1, 0.15) is 0 Å². The van der Waals surface area contributed by atoms with E-state index >= 15 is 0 Å². The van der Waals surface area contributed by atoms with Gasteiger partial charge in [0.25, 0.3) is 0 Å². The first-order valence-electron chi connectivity index (χ1n) is 9.21. The van der Waals surface area contributed by atoms with Gasteiger partial charge < -0.3 is 29.4 Å². The maximum atomic E-state index is 5.52. The normalized spacial score (nSPS) is 11.5. The van der Waals surface area contributed by atoms with Crippen molar-refractivity contribution in [2.24, 2.45) is 4.99 Å². The molecule has 2 rings (SSSR count). The molecule has 0 amide bonds. The molecule has 1 aromatic heterocycles. The first-order chi connectivity index (χ1) is 13.5. The molecule has 2 aromatic rings. The Balaban J connectivity index is 1.92. The molecule has 0 atom stereocenters. The minimum atomic E-state index is 0.339. The van der Waals surface area contributed by atoms with Crippen LogP contribution in [0.25, 0.3) is 0 Å². The van der Waals surface area contributed by atoms with Crippen LogP contribution < -0.4 is 24.8 Å². The maximum Gasteiger partial charge on any atom is 0.203 e. The van der Waals surface area contributed by atoms with Crippen molar-refractivity contribution in [3.63, 3.8) is 0 Å². The van der Waals surface area contributed by atoms with E-state index in [4.69, 9.17) is 18.7 Å². The Morgan fingerprint density at radius 3 is 2.43 bits per heavy atom. The van der Waals surface area contributed by atoms with E-state index in [9.17, 15) is 0 Å². The second kappa shape index (κ2) is 10.4. The van der Waals surface area contributed by atoms with Crippen LogP contribution in [0.4, 0.5) is 0 Å². The number of nitrogens with one attached hydrogen (secondary N) is 2. The lowest BCUT2D eigenvalue weighted by Crippen LogP contribution is -2.37. The summed E-state index contributed by atoms with van der Waals surface area (Å²) in [6, 6.07) is 5.80. The highest BCUT2D eigenvalue weighted by Gasteiger charge is 2.15. The monoisotopic (exact) mass is 390 g/mol. The van der Waals surface area contributed by atoms with Crippen molar-refractivity contribution in [3.05, 3.63) is 35.2 Å². The number of methoxy groups -OCH3 is 3. The molecule has 1 heterocycles. The first-order valence-corrected chi connectivity index (χ1v) is 9.21. The van der Waals surface area contributed by atoms with Crippen molar-refractivity contribution in [1.82, 2.24) is 15.8 Å². The fourth-order valence-corrected chi connectivity index (χ4v) is 2.75. The summed E-state index contributed by atoms with van der Waals surface area (Å²) in [5.41, 5.74) is 1.96. The second-order valence-corrected chi connectivity index (χ2v) is 6.47. The van der Waals surface area contributed by atoms with Crippen LogP contribution in [0.1, 0.15) is 36.8 Å². The Morgan fingerprint density at radius 1 is 1.11 bits per heavy atom. The van der Waals surface area contributed by atoms with Crippen LogP contribution in [0.5, 0.6) is 17.2 Å². The van der Waals surface area contributed by atoms with Gasteiger partial charge in [0.2, 0.25) is 5.75 Å². The maximum absolute atomic E-state index is 5.52. The van der Waals surface area contributed by atoms with Crippen LogP contribution in [0.3, 0.4) is 0 Å². The number of aliphatic imine (C=N–C) groups is 1. The van der Waals surface area contributed by atoms with Gasteiger partial charge in [0, 0.05) is 25.2 Å². The Labute approximate surface area is 166 Å². The second-order valence-electron chi connectivity index (χ2n) is 6.47. The average molecular weight is 390 g/mol. The largest absolute Gasteiger partial charge is 0.493 e. The number of benzene rings is 1. The Bertz CT molecular complexity index is 787. The Kier molecular flexibility index (Phi) is 7.98. The van der Waals surface area contributed by atoms with Crippen molar-refractivity contribution < 1.29 is 18.7 Å². The van der Waals surface area contributed by atoms with Gasteiger partial charge in [-0.15, -0.1) is 0 Å². The number of hydrogen-bond acceptors (Lipinski definition) is 6. The van der Waals surface area contributed by atoms with Crippen molar-refractivity contribution in [1.29, 1.82) is 0 Å². The molecule has 0 fully saturated rings. The fourth-order valence-electron chi connectivity index (χ4n) is 2.75. The lowest BCUT2D eigenvalue weighted by atomic mass is 10.1. The molecule has 0 aliphatic heterocycles. The SMILES string of the molecule is CN=C(NCCc1ccc(OC)c(OC)c1OC)NCc1cc(C(C)C)no1. The zero-order valence-corrected chi connectivity index (χ0v) is 17.5. The van der Waals surface area contributed by atoms with Crippen LogP contribution in [0.2, 0.25) is 0 Å². The summed E-state index contributed by atoms with van der Waals surface area (Å²) in [4.78, 5) is 4.24. The van der Waals surface area contributed by atoms with E-state index in [2.05, 4.69) is 34.6 Å². The summed E-state index contributed by atoms with van der Waals surface area (Å²) in [5.74, 6) is 3.70. The molecule has 0 saturated heterocycles. The van der Waals surface area contributed by atoms with E-state index in [1.54, 1.807) is 28.4 Å². The lowest BCUT2D eigenvalue weighted by molar-refractivity contribution is 0.322. The van der Waals surface area contributed by atoms with E-state index in [1.165, 1.54) is 0 Å². The van der Waals surface area contributed by atoms with E-state index in [-0.39, 0.29) is 0 Å². The summed E-state index contributed by atoms with van der Waals surface area (Å²) >= 11 is 0. The van der Waals surface area contributed by atoms with E-state index in [0.717, 1.165) is 23.4 Å². The molecule has 154 valence electrons. The van der Waals surface area contributed by atoms with Gasteiger partial charge >= 0.3 is 0 Å². The molecule has 8 heteroatoms. The molecular formula is C20H30N4O4. The average Bonchev–Trinajstić information content (AvgIpc) is 3.19. The van der Waals surface area contributed by atoms with Gasteiger partial charge in [-0.1, -0.05) is 25.1 Å². The molecule has 28 heavy (non-hydrogen) atoms. The van der Waals surface area contributed by atoms with Crippen molar-refractivity contribution >= 4 is 5.96 Å². The van der Waals surface area contributed by atoms with Crippen LogP contribution in [0, 0.1) is 0 Å². The minimum absolute atomic E-state index is 0.339. The summed E-state index contributed by atoms with van der Waals surface area (Å²) < 4.78 is 21.6. The number of hydrogen-bond donors (Lipinski definition) is 2.